The molecule has 1 atom stereocenters. The maximum atomic E-state index is 12.5. The Labute approximate surface area is 157 Å². The molecular formula is C19H25N3O5. The van der Waals surface area contributed by atoms with Gasteiger partial charge in [-0.2, -0.15) is 0 Å². The molecule has 0 unspecified atom stereocenters. The number of ketones is 1. The summed E-state index contributed by atoms with van der Waals surface area (Å²) < 4.78 is 7.03. The number of carbonyl (C=O) groups is 4. The lowest BCUT2D eigenvalue weighted by atomic mass is 9.96. The Morgan fingerprint density at radius 2 is 1.96 bits per heavy atom. The fourth-order valence-corrected chi connectivity index (χ4v) is 3.77. The molecule has 2 fully saturated rings. The lowest BCUT2D eigenvalue weighted by molar-refractivity contribution is -0.146. The third kappa shape index (κ3) is 3.36. The molecule has 3 rings (SSSR count). The molecule has 1 saturated heterocycles. The minimum atomic E-state index is -0.940. The first kappa shape index (κ1) is 19.1. The van der Waals surface area contributed by atoms with Crippen LogP contribution in [0, 0.1) is 19.8 Å². The first-order chi connectivity index (χ1) is 12.7. The number of hydrogen-bond donors (Lipinski definition) is 1. The van der Waals surface area contributed by atoms with Gasteiger partial charge in [0.15, 0.2) is 6.61 Å². The number of ether oxygens (including phenoxy) is 1. The van der Waals surface area contributed by atoms with Gasteiger partial charge in [0.1, 0.15) is 12.1 Å². The molecule has 3 amide bonds. The number of carbonyl (C=O) groups excluding carboxylic acids is 4. The van der Waals surface area contributed by atoms with E-state index in [2.05, 4.69) is 5.32 Å². The van der Waals surface area contributed by atoms with Crippen LogP contribution in [-0.2, 0) is 20.9 Å². The summed E-state index contributed by atoms with van der Waals surface area (Å²) in [5.41, 5.74) is 1.36. The molecule has 8 heteroatoms. The highest BCUT2D eigenvalue weighted by molar-refractivity contribution is 6.09. The number of imide groups is 1. The summed E-state index contributed by atoms with van der Waals surface area (Å²) in [5.74, 6) is -1.39. The number of aromatic nitrogens is 1. The summed E-state index contributed by atoms with van der Waals surface area (Å²) >= 11 is 0. The average Bonchev–Trinajstić information content (AvgIpc) is 3.39. The summed E-state index contributed by atoms with van der Waals surface area (Å²) in [7, 11) is 0. The molecule has 0 spiro atoms. The number of nitrogens with one attached hydrogen (secondary N) is 1. The van der Waals surface area contributed by atoms with Crippen molar-refractivity contribution in [3.05, 3.63) is 23.0 Å². The predicted molar refractivity (Wildman–Crippen MR) is 96.2 cm³/mol. The van der Waals surface area contributed by atoms with E-state index in [9.17, 15) is 19.2 Å². The highest BCUT2D eigenvalue weighted by Gasteiger charge is 2.56. The Morgan fingerprint density at radius 3 is 2.52 bits per heavy atom. The number of hydrogen-bond acceptors (Lipinski definition) is 5. The van der Waals surface area contributed by atoms with Crippen molar-refractivity contribution >= 4 is 23.7 Å². The minimum absolute atomic E-state index is 0.116. The average molecular weight is 375 g/mol. The number of aryl methyl sites for hydroxylation is 1. The van der Waals surface area contributed by atoms with Crippen molar-refractivity contribution in [1.29, 1.82) is 0 Å². The Balaban J connectivity index is 1.58. The van der Waals surface area contributed by atoms with Crippen LogP contribution < -0.4 is 5.32 Å². The van der Waals surface area contributed by atoms with Crippen LogP contribution in [0.4, 0.5) is 4.79 Å². The molecule has 1 aromatic heterocycles. The zero-order valence-corrected chi connectivity index (χ0v) is 16.1. The molecule has 146 valence electrons. The lowest BCUT2D eigenvalue weighted by Crippen LogP contribution is -2.46. The molecule has 1 aliphatic carbocycles. The van der Waals surface area contributed by atoms with Gasteiger partial charge in [-0.15, -0.1) is 0 Å². The number of urea groups is 1. The van der Waals surface area contributed by atoms with Gasteiger partial charge in [0.2, 0.25) is 5.78 Å². The molecule has 1 aromatic rings. The monoisotopic (exact) mass is 375 g/mol. The van der Waals surface area contributed by atoms with E-state index in [0.29, 0.717) is 5.56 Å². The van der Waals surface area contributed by atoms with Crippen LogP contribution in [0.5, 0.6) is 0 Å². The van der Waals surface area contributed by atoms with Gasteiger partial charge in [-0.25, -0.2) is 4.79 Å². The van der Waals surface area contributed by atoms with Crippen LogP contribution >= 0.6 is 0 Å². The standard InChI is InChI=1S/C19H25N3O5/c1-5-21-11(2)8-14(12(21)3)15(23)10-27-16(24)9-22-17(25)19(4,13-6-7-13)20-18(22)26/h8,13H,5-7,9-10H2,1-4H3,(H,20,26)/t19-/m0/s1. The normalized spacial score (nSPS) is 22.1. The molecule has 2 heterocycles. The summed E-state index contributed by atoms with van der Waals surface area (Å²) in [6.45, 7) is 7.26. The summed E-state index contributed by atoms with van der Waals surface area (Å²) in [4.78, 5) is 49.9. The molecule has 1 aliphatic heterocycles. The van der Waals surface area contributed by atoms with E-state index in [1.807, 2.05) is 25.3 Å². The SMILES string of the molecule is CCn1c(C)cc(C(=O)COC(=O)CN2C(=O)N[C@@](C)(C3CC3)C2=O)c1C. The number of Topliss-reactive ketones (excluding diaryl/α,β-unsaturated/α-hetero) is 1. The maximum absolute atomic E-state index is 12.5. The minimum Gasteiger partial charge on any atom is -0.456 e. The first-order valence-electron chi connectivity index (χ1n) is 9.18. The van der Waals surface area contributed by atoms with Crippen molar-refractivity contribution < 1.29 is 23.9 Å². The van der Waals surface area contributed by atoms with Crippen LogP contribution in [0.2, 0.25) is 0 Å². The predicted octanol–water partition coefficient (Wildman–Crippen LogP) is 1.57. The van der Waals surface area contributed by atoms with Crippen LogP contribution in [0.15, 0.2) is 6.07 Å². The Bertz CT molecular complexity index is 824. The van der Waals surface area contributed by atoms with Gasteiger partial charge in [0, 0.05) is 23.5 Å². The van der Waals surface area contributed by atoms with Gasteiger partial charge in [-0.3, -0.25) is 19.3 Å². The second-order valence-electron chi connectivity index (χ2n) is 7.41. The third-order valence-corrected chi connectivity index (χ3v) is 5.54. The molecule has 0 bridgehead atoms. The zero-order valence-electron chi connectivity index (χ0n) is 16.1. The van der Waals surface area contributed by atoms with E-state index in [4.69, 9.17) is 4.74 Å². The van der Waals surface area contributed by atoms with Crippen molar-refractivity contribution in [3.8, 4) is 0 Å². The number of amides is 3. The molecule has 27 heavy (non-hydrogen) atoms. The van der Waals surface area contributed by atoms with E-state index >= 15 is 0 Å². The van der Waals surface area contributed by atoms with E-state index in [1.165, 1.54) is 0 Å². The van der Waals surface area contributed by atoms with E-state index in [0.717, 1.165) is 35.7 Å². The lowest BCUT2D eigenvalue weighted by Gasteiger charge is -2.20. The second kappa shape index (κ2) is 6.83. The van der Waals surface area contributed by atoms with Gasteiger partial charge < -0.3 is 14.6 Å². The molecule has 0 aromatic carbocycles. The first-order valence-corrected chi connectivity index (χ1v) is 9.18. The maximum Gasteiger partial charge on any atom is 0.326 e. The largest absolute Gasteiger partial charge is 0.456 e. The van der Waals surface area contributed by atoms with E-state index in [-0.39, 0.29) is 11.7 Å². The molecule has 8 nitrogen and oxygen atoms in total. The summed E-state index contributed by atoms with van der Waals surface area (Å²) in [6.07, 6.45) is 1.76. The zero-order chi connectivity index (χ0) is 19.9. The fourth-order valence-electron chi connectivity index (χ4n) is 3.77. The highest BCUT2D eigenvalue weighted by Crippen LogP contribution is 2.42. The van der Waals surface area contributed by atoms with Gasteiger partial charge >= 0.3 is 12.0 Å². The van der Waals surface area contributed by atoms with Crippen LogP contribution in [0.25, 0.3) is 0 Å². The highest BCUT2D eigenvalue weighted by atomic mass is 16.5. The second-order valence-corrected chi connectivity index (χ2v) is 7.41. The Kier molecular flexibility index (Phi) is 4.84. The van der Waals surface area contributed by atoms with Gasteiger partial charge in [-0.1, -0.05) is 0 Å². The van der Waals surface area contributed by atoms with Gasteiger partial charge in [-0.05, 0) is 52.5 Å². The van der Waals surface area contributed by atoms with Crippen molar-refractivity contribution in [2.45, 2.75) is 52.6 Å². The Hall–Kier alpha value is -2.64. The van der Waals surface area contributed by atoms with E-state index < -0.39 is 36.6 Å². The van der Waals surface area contributed by atoms with Crippen molar-refractivity contribution in [1.82, 2.24) is 14.8 Å². The Morgan fingerprint density at radius 1 is 1.30 bits per heavy atom. The van der Waals surface area contributed by atoms with Crippen LogP contribution in [0.1, 0.15) is 48.4 Å². The van der Waals surface area contributed by atoms with Crippen molar-refractivity contribution in [2.24, 2.45) is 5.92 Å². The van der Waals surface area contributed by atoms with Gasteiger partial charge in [0.05, 0.1) is 0 Å². The molecule has 0 radical (unpaired) electrons. The van der Waals surface area contributed by atoms with Gasteiger partial charge in [0.25, 0.3) is 5.91 Å². The topological polar surface area (TPSA) is 97.7 Å². The molecule has 2 aliphatic rings. The molecule has 1 saturated carbocycles. The van der Waals surface area contributed by atoms with Crippen LogP contribution in [-0.4, -0.2) is 51.8 Å². The third-order valence-electron chi connectivity index (χ3n) is 5.54. The molecule has 1 N–H and O–H groups in total. The summed E-state index contributed by atoms with van der Waals surface area (Å²) in [6, 6.07) is 1.18. The quantitative estimate of drug-likeness (QED) is 0.443. The van der Waals surface area contributed by atoms with Crippen LogP contribution in [0.3, 0.4) is 0 Å². The van der Waals surface area contributed by atoms with Crippen molar-refractivity contribution in [2.75, 3.05) is 13.2 Å². The molecular weight excluding hydrogens is 350 g/mol. The summed E-state index contributed by atoms with van der Waals surface area (Å²) in [5, 5.41) is 2.67. The van der Waals surface area contributed by atoms with Crippen molar-refractivity contribution in [3.63, 3.8) is 0 Å². The fraction of sp³-hybridized carbons (Fsp3) is 0.579. The number of rotatable bonds is 7. The number of esters is 1. The number of nitrogens with zero attached hydrogens (tertiary/aromatic N) is 2. The van der Waals surface area contributed by atoms with E-state index in [1.54, 1.807) is 13.0 Å². The smallest absolute Gasteiger partial charge is 0.326 e.